The fourth-order valence-corrected chi connectivity index (χ4v) is 2.50. The van der Waals surface area contributed by atoms with Crippen molar-refractivity contribution in [1.29, 1.82) is 0 Å². The van der Waals surface area contributed by atoms with Crippen LogP contribution in [0.5, 0.6) is 0 Å². The number of alkyl halides is 6. The van der Waals surface area contributed by atoms with Gasteiger partial charge in [-0.15, -0.1) is 0 Å². The van der Waals surface area contributed by atoms with Crippen molar-refractivity contribution in [2.75, 3.05) is 5.32 Å². The summed E-state index contributed by atoms with van der Waals surface area (Å²) in [5.74, 6) is -5.56. The first-order chi connectivity index (χ1) is 14.3. The van der Waals surface area contributed by atoms with Crippen LogP contribution in [0.3, 0.4) is 0 Å². The molecule has 13 heteroatoms. The number of hydrogen-bond acceptors (Lipinski definition) is 2. The van der Waals surface area contributed by atoms with Crippen LogP contribution in [0.4, 0.5) is 45.2 Å². The zero-order chi connectivity index (χ0) is 23.1. The molecule has 3 aromatic rings. The van der Waals surface area contributed by atoms with E-state index in [1.165, 1.54) is 0 Å². The average Bonchev–Trinajstić information content (AvgIpc) is 3.11. The lowest BCUT2D eigenvalue weighted by Gasteiger charge is -2.11. The largest absolute Gasteiger partial charge is 0.435 e. The van der Waals surface area contributed by atoms with Crippen molar-refractivity contribution in [2.24, 2.45) is 0 Å². The number of carbonyl (C=O) groups is 1. The molecule has 1 heterocycles. The number of amides is 1. The summed E-state index contributed by atoms with van der Waals surface area (Å²) in [6.07, 6.45) is -10.3. The van der Waals surface area contributed by atoms with Gasteiger partial charge in [0.15, 0.2) is 17.3 Å². The molecule has 0 aliphatic carbocycles. The lowest BCUT2D eigenvalue weighted by atomic mass is 10.1. The number of nitrogens with one attached hydrogen (secondary N) is 1. The minimum Gasteiger partial charge on any atom is -0.322 e. The quantitative estimate of drug-likeness (QED) is 0.416. The van der Waals surface area contributed by atoms with Crippen molar-refractivity contribution in [3.05, 3.63) is 76.9 Å². The van der Waals surface area contributed by atoms with E-state index in [0.717, 1.165) is 24.3 Å². The Morgan fingerprint density at radius 3 is 1.94 bits per heavy atom. The molecule has 0 spiro atoms. The lowest BCUT2D eigenvalue weighted by Crippen LogP contribution is -2.15. The van der Waals surface area contributed by atoms with E-state index in [1.807, 2.05) is 0 Å². The first-order valence-electron chi connectivity index (χ1n) is 8.08. The summed E-state index contributed by atoms with van der Waals surface area (Å²) in [5.41, 5.74) is -4.81. The van der Waals surface area contributed by atoms with E-state index in [2.05, 4.69) is 10.4 Å². The van der Waals surface area contributed by atoms with Crippen molar-refractivity contribution in [3.63, 3.8) is 0 Å². The molecule has 3 rings (SSSR count). The number of hydrogen-bond donors (Lipinski definition) is 1. The average molecular weight is 453 g/mol. The molecule has 0 unspecified atom stereocenters. The monoisotopic (exact) mass is 453 g/mol. The SMILES string of the molecule is O=C(Nc1ccc(-n2nc(C(F)(F)F)cc2C(F)(F)F)cc1)c1cc(F)c(F)cc1F. The smallest absolute Gasteiger partial charge is 0.322 e. The lowest BCUT2D eigenvalue weighted by molar-refractivity contribution is -0.143. The molecule has 0 saturated heterocycles. The van der Waals surface area contributed by atoms with E-state index in [9.17, 15) is 44.3 Å². The number of aromatic nitrogens is 2. The minimum absolute atomic E-state index is 0.0312. The molecule has 0 aliphatic rings. The third-order valence-corrected chi connectivity index (χ3v) is 3.91. The Balaban J connectivity index is 1.90. The first-order valence-corrected chi connectivity index (χ1v) is 8.08. The van der Waals surface area contributed by atoms with E-state index in [-0.39, 0.29) is 22.5 Å². The Morgan fingerprint density at radius 2 is 1.39 bits per heavy atom. The summed E-state index contributed by atoms with van der Waals surface area (Å²) >= 11 is 0. The molecule has 0 radical (unpaired) electrons. The fraction of sp³-hybridized carbons (Fsp3) is 0.111. The molecule has 0 saturated carbocycles. The third-order valence-electron chi connectivity index (χ3n) is 3.91. The number of halogens is 9. The van der Waals surface area contributed by atoms with E-state index in [0.29, 0.717) is 6.07 Å². The van der Waals surface area contributed by atoms with Crippen molar-refractivity contribution in [2.45, 2.75) is 12.4 Å². The van der Waals surface area contributed by atoms with Gasteiger partial charge in [0, 0.05) is 17.8 Å². The molecule has 1 N–H and O–H groups in total. The van der Waals surface area contributed by atoms with Gasteiger partial charge >= 0.3 is 12.4 Å². The highest BCUT2D eigenvalue weighted by Gasteiger charge is 2.42. The van der Waals surface area contributed by atoms with Gasteiger partial charge in [-0.2, -0.15) is 31.4 Å². The van der Waals surface area contributed by atoms with E-state index >= 15 is 0 Å². The highest BCUT2D eigenvalue weighted by molar-refractivity contribution is 6.04. The van der Waals surface area contributed by atoms with Gasteiger partial charge in [-0.25, -0.2) is 17.9 Å². The van der Waals surface area contributed by atoms with Gasteiger partial charge in [-0.3, -0.25) is 4.79 Å². The van der Waals surface area contributed by atoms with Crippen LogP contribution in [0.2, 0.25) is 0 Å². The molecule has 0 aliphatic heterocycles. The minimum atomic E-state index is -5.15. The molecule has 0 fully saturated rings. The molecule has 0 bridgehead atoms. The number of anilines is 1. The fourth-order valence-electron chi connectivity index (χ4n) is 2.50. The molecule has 164 valence electrons. The molecule has 1 amide bonds. The van der Waals surface area contributed by atoms with Gasteiger partial charge in [0.1, 0.15) is 11.5 Å². The van der Waals surface area contributed by atoms with E-state index in [1.54, 1.807) is 0 Å². The normalized spacial score (nSPS) is 12.2. The van der Waals surface area contributed by atoms with Crippen molar-refractivity contribution in [1.82, 2.24) is 9.78 Å². The number of nitrogens with zero attached hydrogens (tertiary/aromatic N) is 2. The second-order valence-electron chi connectivity index (χ2n) is 6.07. The second-order valence-corrected chi connectivity index (χ2v) is 6.07. The van der Waals surface area contributed by atoms with Crippen LogP contribution < -0.4 is 5.32 Å². The van der Waals surface area contributed by atoms with Gasteiger partial charge in [-0.1, -0.05) is 0 Å². The predicted molar refractivity (Wildman–Crippen MR) is 87.8 cm³/mol. The Labute approximate surface area is 166 Å². The number of benzene rings is 2. The maximum absolute atomic E-state index is 13.6. The van der Waals surface area contributed by atoms with Gasteiger partial charge in [-0.05, 0) is 30.3 Å². The molecule has 31 heavy (non-hydrogen) atoms. The van der Waals surface area contributed by atoms with E-state index < -0.39 is 58.4 Å². The van der Waals surface area contributed by atoms with Crippen LogP contribution in [0.25, 0.3) is 5.69 Å². The Kier molecular flexibility index (Phi) is 5.46. The highest BCUT2D eigenvalue weighted by atomic mass is 19.4. The van der Waals surface area contributed by atoms with Crippen LogP contribution >= 0.6 is 0 Å². The van der Waals surface area contributed by atoms with Crippen LogP contribution in [0, 0.1) is 17.5 Å². The van der Waals surface area contributed by atoms with Crippen LogP contribution in [-0.4, -0.2) is 15.7 Å². The van der Waals surface area contributed by atoms with Gasteiger partial charge in [0.2, 0.25) is 0 Å². The van der Waals surface area contributed by atoms with Gasteiger partial charge in [0.05, 0.1) is 11.3 Å². The first kappa shape index (κ1) is 22.2. The molecular formula is C18H8F9N3O. The van der Waals surface area contributed by atoms with E-state index in [4.69, 9.17) is 0 Å². The highest BCUT2D eigenvalue weighted by Crippen LogP contribution is 2.36. The van der Waals surface area contributed by atoms with Gasteiger partial charge < -0.3 is 5.32 Å². The maximum atomic E-state index is 13.6. The standard InChI is InChI=1S/C18H8F9N3O/c19-11-6-13(21)12(20)5-10(11)16(31)28-8-1-3-9(4-2-8)30-15(18(25,26)27)7-14(29-30)17(22,23)24/h1-7H,(H,28,31). The molecular weight excluding hydrogens is 445 g/mol. The number of carbonyl (C=O) groups excluding carboxylic acids is 1. The summed E-state index contributed by atoms with van der Waals surface area (Å²) in [5, 5.41) is 5.04. The third kappa shape index (κ3) is 4.64. The summed E-state index contributed by atoms with van der Waals surface area (Å²) in [6.45, 7) is 0. The zero-order valence-corrected chi connectivity index (χ0v) is 14.7. The topological polar surface area (TPSA) is 46.9 Å². The Hall–Kier alpha value is -3.51. The molecule has 1 aromatic heterocycles. The Morgan fingerprint density at radius 1 is 0.806 bits per heavy atom. The molecule has 4 nitrogen and oxygen atoms in total. The van der Waals surface area contributed by atoms with Gasteiger partial charge in [0.25, 0.3) is 5.91 Å². The molecule has 2 aromatic carbocycles. The molecule has 0 atom stereocenters. The predicted octanol–water partition coefficient (Wildman–Crippen LogP) is 5.58. The summed E-state index contributed by atoms with van der Waals surface area (Å²) in [6, 6.07) is 4.15. The number of rotatable bonds is 3. The van der Waals surface area contributed by atoms with Crippen LogP contribution in [-0.2, 0) is 12.4 Å². The Bertz CT molecular complexity index is 1130. The van der Waals surface area contributed by atoms with Crippen molar-refractivity contribution in [3.8, 4) is 5.69 Å². The van der Waals surface area contributed by atoms with Crippen LogP contribution in [0.15, 0.2) is 42.5 Å². The summed E-state index contributed by atoms with van der Waals surface area (Å²) in [7, 11) is 0. The van der Waals surface area contributed by atoms with Crippen molar-refractivity contribution >= 4 is 11.6 Å². The second kappa shape index (κ2) is 7.63. The van der Waals surface area contributed by atoms with Crippen LogP contribution in [0.1, 0.15) is 21.7 Å². The van der Waals surface area contributed by atoms with Crippen molar-refractivity contribution < 1.29 is 44.3 Å². The zero-order valence-electron chi connectivity index (χ0n) is 14.7. The summed E-state index contributed by atoms with van der Waals surface area (Å²) in [4.78, 5) is 12.0. The maximum Gasteiger partial charge on any atom is 0.435 e. The summed E-state index contributed by atoms with van der Waals surface area (Å²) < 4.78 is 117.